The predicted octanol–water partition coefficient (Wildman–Crippen LogP) is 2.30. The average molecular weight is 191 g/mol. The number of hydrogen-bond acceptors (Lipinski definition) is 2. The largest absolute Gasteiger partial charge is 0.285 e. The zero-order valence-electron chi connectivity index (χ0n) is 7.79. The monoisotopic (exact) mass is 191 g/mol. The van der Waals surface area contributed by atoms with Crippen molar-refractivity contribution in [3.63, 3.8) is 0 Å². The van der Waals surface area contributed by atoms with Crippen LogP contribution in [0.4, 0.5) is 0 Å². The Labute approximate surface area is 83.4 Å². The number of nitrogens with zero attached hydrogens (tertiary/aromatic N) is 1. The highest BCUT2D eigenvalue weighted by Gasteiger charge is 2.23. The summed E-state index contributed by atoms with van der Waals surface area (Å²) in [6.45, 7) is 4.12. The van der Waals surface area contributed by atoms with Crippen molar-refractivity contribution in [3.05, 3.63) is 21.9 Å². The molecule has 68 valence electrons. The highest BCUT2D eigenvalue weighted by Crippen LogP contribution is 2.32. The van der Waals surface area contributed by atoms with Gasteiger partial charge in [0, 0.05) is 17.5 Å². The van der Waals surface area contributed by atoms with Crippen LogP contribution in [0.3, 0.4) is 0 Å². The van der Waals surface area contributed by atoms with Gasteiger partial charge in [-0.3, -0.25) is 4.90 Å². The van der Waals surface area contributed by atoms with Gasteiger partial charge in [-0.25, -0.2) is 0 Å². The van der Waals surface area contributed by atoms with E-state index in [1.54, 1.807) is 4.88 Å². The van der Waals surface area contributed by atoms with Gasteiger partial charge in [0.25, 0.3) is 0 Å². The van der Waals surface area contributed by atoms with Crippen LogP contribution in [-0.2, 0) is 6.42 Å². The van der Waals surface area contributed by atoms with Crippen LogP contribution in [0.15, 0.2) is 11.4 Å². The summed E-state index contributed by atoms with van der Waals surface area (Å²) in [5.74, 6) is 2.72. The molecule has 1 atom stereocenters. The van der Waals surface area contributed by atoms with E-state index in [9.17, 15) is 0 Å². The van der Waals surface area contributed by atoms with E-state index in [1.807, 2.05) is 11.3 Å². The second kappa shape index (κ2) is 3.53. The molecule has 2 heterocycles. The molecule has 1 aliphatic heterocycles. The Morgan fingerprint density at radius 1 is 1.77 bits per heavy atom. The summed E-state index contributed by atoms with van der Waals surface area (Å²) in [6, 6.07) is 2.74. The number of rotatable bonds is 1. The second-order valence-electron chi connectivity index (χ2n) is 3.40. The van der Waals surface area contributed by atoms with E-state index in [1.165, 1.54) is 12.0 Å². The van der Waals surface area contributed by atoms with Gasteiger partial charge in [-0.15, -0.1) is 17.8 Å². The fraction of sp³-hybridized carbons (Fsp3) is 0.455. The first-order valence-corrected chi connectivity index (χ1v) is 5.44. The summed E-state index contributed by atoms with van der Waals surface area (Å²) in [7, 11) is 0. The predicted molar refractivity (Wildman–Crippen MR) is 56.8 cm³/mol. The topological polar surface area (TPSA) is 3.24 Å². The third kappa shape index (κ3) is 1.50. The van der Waals surface area contributed by atoms with Gasteiger partial charge >= 0.3 is 0 Å². The Hall–Kier alpha value is -0.780. The molecule has 1 aliphatic rings. The highest BCUT2D eigenvalue weighted by molar-refractivity contribution is 7.10. The summed E-state index contributed by atoms with van der Waals surface area (Å²) >= 11 is 1.87. The maximum absolute atomic E-state index is 5.33. The summed E-state index contributed by atoms with van der Waals surface area (Å²) < 4.78 is 0. The van der Waals surface area contributed by atoms with E-state index in [4.69, 9.17) is 6.42 Å². The minimum absolute atomic E-state index is 0.506. The Balaban J connectivity index is 2.23. The fourth-order valence-corrected chi connectivity index (χ4v) is 2.86. The van der Waals surface area contributed by atoms with Crippen LogP contribution in [0.2, 0.25) is 0 Å². The highest BCUT2D eigenvalue weighted by atomic mass is 32.1. The molecule has 0 amide bonds. The molecular formula is C11H13NS. The number of hydrogen-bond donors (Lipinski definition) is 0. The lowest BCUT2D eigenvalue weighted by molar-refractivity contribution is 0.227. The molecule has 0 radical (unpaired) electrons. The van der Waals surface area contributed by atoms with Crippen LogP contribution in [-0.4, -0.2) is 18.0 Å². The number of thiophene rings is 1. The van der Waals surface area contributed by atoms with E-state index >= 15 is 0 Å². The molecule has 0 aromatic carbocycles. The smallest absolute Gasteiger partial charge is 0.0604 e. The van der Waals surface area contributed by atoms with Crippen LogP contribution < -0.4 is 0 Å². The van der Waals surface area contributed by atoms with E-state index in [2.05, 4.69) is 29.2 Å². The van der Waals surface area contributed by atoms with Crippen LogP contribution in [0.25, 0.3) is 0 Å². The molecule has 0 saturated carbocycles. The lowest BCUT2D eigenvalue weighted by atomic mass is 10.0. The van der Waals surface area contributed by atoms with Crippen molar-refractivity contribution in [2.45, 2.75) is 19.4 Å². The summed E-state index contributed by atoms with van der Waals surface area (Å²) in [5.41, 5.74) is 1.48. The van der Waals surface area contributed by atoms with Gasteiger partial charge in [-0.1, -0.05) is 5.92 Å². The first kappa shape index (κ1) is 8.80. The molecule has 1 aromatic heterocycles. The second-order valence-corrected chi connectivity index (χ2v) is 4.40. The minimum atomic E-state index is 0.506. The van der Waals surface area contributed by atoms with Gasteiger partial charge in [0.1, 0.15) is 0 Å². The Kier molecular flexibility index (Phi) is 2.39. The van der Waals surface area contributed by atoms with E-state index in [-0.39, 0.29) is 0 Å². The van der Waals surface area contributed by atoms with Crippen molar-refractivity contribution < 1.29 is 0 Å². The molecule has 0 saturated heterocycles. The zero-order valence-corrected chi connectivity index (χ0v) is 8.60. The average Bonchev–Trinajstić information content (AvgIpc) is 2.58. The molecule has 0 spiro atoms. The standard InChI is InChI=1S/C11H13NS/c1-3-6-12-7-4-11-10(9(12)2)5-8-13-11/h1,5,8-9H,4,6-7H2,2H3. The number of terminal acetylenes is 1. The molecule has 0 aliphatic carbocycles. The first-order valence-electron chi connectivity index (χ1n) is 4.56. The molecule has 1 unspecified atom stereocenters. The molecule has 0 fully saturated rings. The van der Waals surface area contributed by atoms with Gasteiger partial charge in [-0.05, 0) is 30.4 Å². The lowest BCUT2D eigenvalue weighted by Crippen LogP contribution is -2.33. The van der Waals surface area contributed by atoms with Gasteiger partial charge in [0.05, 0.1) is 6.54 Å². The summed E-state index contributed by atoms with van der Waals surface area (Å²) in [5, 5.41) is 2.18. The molecule has 1 nitrogen and oxygen atoms in total. The Morgan fingerprint density at radius 3 is 3.38 bits per heavy atom. The summed E-state index contributed by atoms with van der Waals surface area (Å²) in [4.78, 5) is 3.90. The fourth-order valence-electron chi connectivity index (χ4n) is 1.89. The van der Waals surface area contributed by atoms with E-state index < -0.39 is 0 Å². The Bertz CT molecular complexity index is 334. The van der Waals surface area contributed by atoms with Gasteiger partial charge in [0.2, 0.25) is 0 Å². The molecule has 13 heavy (non-hydrogen) atoms. The number of fused-ring (bicyclic) bond motifs is 1. The molecule has 2 rings (SSSR count). The van der Waals surface area contributed by atoms with Gasteiger partial charge in [-0.2, -0.15) is 0 Å². The first-order chi connectivity index (χ1) is 6.33. The van der Waals surface area contributed by atoms with Crippen molar-refractivity contribution in [2.75, 3.05) is 13.1 Å². The van der Waals surface area contributed by atoms with Crippen molar-refractivity contribution in [2.24, 2.45) is 0 Å². The van der Waals surface area contributed by atoms with Crippen LogP contribution in [0.5, 0.6) is 0 Å². The summed E-state index contributed by atoms with van der Waals surface area (Å²) in [6.07, 6.45) is 6.49. The van der Waals surface area contributed by atoms with Crippen LogP contribution >= 0.6 is 11.3 Å². The van der Waals surface area contributed by atoms with E-state index in [0.717, 1.165) is 13.1 Å². The van der Waals surface area contributed by atoms with Crippen LogP contribution in [0, 0.1) is 12.3 Å². The van der Waals surface area contributed by atoms with E-state index in [0.29, 0.717) is 6.04 Å². The molecule has 0 bridgehead atoms. The molecule has 0 N–H and O–H groups in total. The van der Waals surface area contributed by atoms with Crippen molar-refractivity contribution in [1.29, 1.82) is 0 Å². The quantitative estimate of drug-likeness (QED) is 0.616. The lowest BCUT2D eigenvalue weighted by Gasteiger charge is -2.31. The van der Waals surface area contributed by atoms with Crippen molar-refractivity contribution in [3.8, 4) is 12.3 Å². The van der Waals surface area contributed by atoms with Crippen molar-refractivity contribution in [1.82, 2.24) is 4.90 Å². The third-order valence-electron chi connectivity index (χ3n) is 2.70. The van der Waals surface area contributed by atoms with Crippen LogP contribution in [0.1, 0.15) is 23.4 Å². The van der Waals surface area contributed by atoms with Gasteiger partial charge < -0.3 is 0 Å². The SMILES string of the molecule is C#CCN1CCc2sccc2C1C. The molecule has 1 aromatic rings. The minimum Gasteiger partial charge on any atom is -0.285 e. The normalized spacial score (nSPS) is 22.3. The zero-order chi connectivity index (χ0) is 9.26. The Morgan fingerprint density at radius 2 is 2.62 bits per heavy atom. The third-order valence-corrected chi connectivity index (χ3v) is 3.69. The molecule has 2 heteroatoms. The van der Waals surface area contributed by atoms with Crippen molar-refractivity contribution >= 4 is 11.3 Å². The maximum Gasteiger partial charge on any atom is 0.0604 e. The maximum atomic E-state index is 5.33. The molecular weight excluding hydrogens is 178 g/mol. The van der Waals surface area contributed by atoms with Gasteiger partial charge in [0.15, 0.2) is 0 Å².